The molecule has 0 radical (unpaired) electrons. The first-order valence-corrected chi connectivity index (χ1v) is 11.2. The van der Waals surface area contributed by atoms with Crippen molar-refractivity contribution in [1.29, 1.82) is 0 Å². The predicted molar refractivity (Wildman–Crippen MR) is 117 cm³/mol. The lowest BCUT2D eigenvalue weighted by molar-refractivity contribution is -0.148. The van der Waals surface area contributed by atoms with Gasteiger partial charge in [-0.25, -0.2) is 0 Å². The number of benzene rings is 1. The SMILES string of the molecule is Cc1cc(C)c(C2=C(OC(=O)C(C)(C)C)CC(CC3CCCCC3)C2=O)c(C)c1. The number of rotatable bonds is 4. The van der Waals surface area contributed by atoms with Gasteiger partial charge in [0.15, 0.2) is 5.78 Å². The average molecular weight is 397 g/mol. The maximum Gasteiger partial charge on any atom is 0.316 e. The molecule has 2 aliphatic carbocycles. The molecular formula is C26H36O3. The second-order valence-corrected chi connectivity index (χ2v) is 10.2. The minimum Gasteiger partial charge on any atom is -0.430 e. The van der Waals surface area contributed by atoms with Gasteiger partial charge in [-0.15, -0.1) is 0 Å². The standard InChI is InChI=1S/C26H36O3/c1-16-12-17(2)22(18(3)13-16)23-21(29-25(28)26(4,5)6)15-20(24(23)27)14-19-10-8-7-9-11-19/h12-13,19-20H,7-11,14-15H2,1-6H3. The van der Waals surface area contributed by atoms with Crippen molar-refractivity contribution in [2.45, 2.75) is 86.5 Å². The summed E-state index contributed by atoms with van der Waals surface area (Å²) in [5, 5.41) is 0. The van der Waals surface area contributed by atoms with Crippen LogP contribution in [0.1, 0.15) is 88.0 Å². The number of carbonyl (C=O) groups excluding carboxylic acids is 2. The van der Waals surface area contributed by atoms with E-state index < -0.39 is 5.41 Å². The Morgan fingerprint density at radius 3 is 2.17 bits per heavy atom. The number of allylic oxidation sites excluding steroid dienone is 2. The van der Waals surface area contributed by atoms with Crippen LogP contribution in [0.3, 0.4) is 0 Å². The van der Waals surface area contributed by atoms with Crippen molar-refractivity contribution in [3.63, 3.8) is 0 Å². The molecule has 3 rings (SSSR count). The van der Waals surface area contributed by atoms with E-state index in [0.29, 0.717) is 23.7 Å². The molecule has 1 fully saturated rings. The minimum atomic E-state index is -0.597. The van der Waals surface area contributed by atoms with Gasteiger partial charge in [0.2, 0.25) is 0 Å². The molecule has 1 unspecified atom stereocenters. The molecule has 0 spiro atoms. The summed E-state index contributed by atoms with van der Waals surface area (Å²) in [6.45, 7) is 11.7. The lowest BCUT2D eigenvalue weighted by Gasteiger charge is -2.24. The third-order valence-electron chi connectivity index (χ3n) is 6.43. The monoisotopic (exact) mass is 396 g/mol. The molecule has 0 bridgehead atoms. The van der Waals surface area contributed by atoms with Gasteiger partial charge in [0.05, 0.1) is 11.0 Å². The summed E-state index contributed by atoms with van der Waals surface area (Å²) in [6, 6.07) is 4.22. The van der Waals surface area contributed by atoms with E-state index in [2.05, 4.69) is 19.1 Å². The van der Waals surface area contributed by atoms with Gasteiger partial charge in [0.1, 0.15) is 5.76 Å². The van der Waals surface area contributed by atoms with Crippen LogP contribution >= 0.6 is 0 Å². The van der Waals surface area contributed by atoms with E-state index in [0.717, 1.165) is 23.1 Å². The Morgan fingerprint density at radius 1 is 1.03 bits per heavy atom. The number of hydrogen-bond acceptors (Lipinski definition) is 3. The van der Waals surface area contributed by atoms with Gasteiger partial charge in [-0.05, 0) is 70.6 Å². The van der Waals surface area contributed by atoms with Crippen molar-refractivity contribution in [1.82, 2.24) is 0 Å². The van der Waals surface area contributed by atoms with Crippen molar-refractivity contribution in [2.75, 3.05) is 0 Å². The topological polar surface area (TPSA) is 43.4 Å². The van der Waals surface area contributed by atoms with Crippen LogP contribution in [0.4, 0.5) is 0 Å². The highest BCUT2D eigenvalue weighted by molar-refractivity contribution is 6.25. The molecule has 3 heteroatoms. The Labute approximate surface area is 175 Å². The molecule has 0 aliphatic heterocycles. The Bertz CT molecular complexity index is 809. The minimum absolute atomic E-state index is 0.0593. The van der Waals surface area contributed by atoms with Crippen molar-refractivity contribution in [2.24, 2.45) is 17.3 Å². The zero-order chi connectivity index (χ0) is 21.3. The summed E-state index contributed by atoms with van der Waals surface area (Å²) < 4.78 is 5.89. The molecule has 2 aliphatic rings. The molecule has 0 heterocycles. The van der Waals surface area contributed by atoms with Gasteiger partial charge < -0.3 is 4.74 Å². The molecule has 0 N–H and O–H groups in total. The van der Waals surface area contributed by atoms with E-state index in [1.807, 2.05) is 34.6 Å². The normalized spacial score (nSPS) is 21.0. The van der Waals surface area contributed by atoms with Crippen molar-refractivity contribution < 1.29 is 14.3 Å². The molecule has 3 nitrogen and oxygen atoms in total. The first kappa shape index (κ1) is 21.8. The Hall–Kier alpha value is -1.90. The highest BCUT2D eigenvalue weighted by Crippen LogP contribution is 2.43. The number of hydrogen-bond donors (Lipinski definition) is 0. The lowest BCUT2D eigenvalue weighted by atomic mass is 9.81. The molecule has 158 valence electrons. The molecule has 1 atom stereocenters. The summed E-state index contributed by atoms with van der Waals surface area (Å²) in [7, 11) is 0. The second kappa shape index (κ2) is 8.45. The van der Waals surface area contributed by atoms with Crippen molar-refractivity contribution >= 4 is 17.3 Å². The Kier molecular flexibility index (Phi) is 6.36. The summed E-state index contributed by atoms with van der Waals surface area (Å²) in [4.78, 5) is 26.2. The first-order chi connectivity index (χ1) is 13.6. The zero-order valence-electron chi connectivity index (χ0n) is 19.0. The van der Waals surface area contributed by atoms with Gasteiger partial charge in [-0.1, -0.05) is 49.8 Å². The first-order valence-electron chi connectivity index (χ1n) is 11.2. The van der Waals surface area contributed by atoms with E-state index in [1.54, 1.807) is 0 Å². The number of carbonyl (C=O) groups is 2. The largest absolute Gasteiger partial charge is 0.430 e. The van der Waals surface area contributed by atoms with E-state index in [9.17, 15) is 9.59 Å². The third kappa shape index (κ3) is 4.82. The van der Waals surface area contributed by atoms with Crippen LogP contribution in [0.5, 0.6) is 0 Å². The molecule has 1 aromatic rings. The van der Waals surface area contributed by atoms with Gasteiger partial charge >= 0.3 is 5.97 Å². The molecule has 1 aromatic carbocycles. The second-order valence-electron chi connectivity index (χ2n) is 10.2. The van der Waals surface area contributed by atoms with Crippen molar-refractivity contribution in [3.05, 3.63) is 40.1 Å². The van der Waals surface area contributed by atoms with E-state index in [1.165, 1.54) is 37.7 Å². The molecule has 29 heavy (non-hydrogen) atoms. The maximum atomic E-state index is 13.6. The predicted octanol–water partition coefficient (Wildman–Crippen LogP) is 6.47. The van der Waals surface area contributed by atoms with E-state index in [4.69, 9.17) is 4.74 Å². The fraction of sp³-hybridized carbons (Fsp3) is 0.615. The Balaban J connectivity index is 1.97. The molecule has 0 saturated heterocycles. The molecule has 0 aromatic heterocycles. The van der Waals surface area contributed by atoms with Crippen LogP contribution in [0.2, 0.25) is 0 Å². The molecule has 1 saturated carbocycles. The van der Waals surface area contributed by atoms with Crippen LogP contribution in [0.25, 0.3) is 5.57 Å². The molecule has 0 amide bonds. The molecular weight excluding hydrogens is 360 g/mol. The lowest BCUT2D eigenvalue weighted by Crippen LogP contribution is -2.23. The summed E-state index contributed by atoms with van der Waals surface area (Å²) >= 11 is 0. The smallest absolute Gasteiger partial charge is 0.316 e. The quantitative estimate of drug-likeness (QED) is 0.548. The fourth-order valence-electron chi connectivity index (χ4n) is 4.97. The van der Waals surface area contributed by atoms with Crippen molar-refractivity contribution in [3.8, 4) is 0 Å². The maximum absolute atomic E-state index is 13.6. The third-order valence-corrected chi connectivity index (χ3v) is 6.43. The fourth-order valence-corrected chi connectivity index (χ4v) is 4.97. The van der Waals surface area contributed by atoms with Crippen LogP contribution in [-0.4, -0.2) is 11.8 Å². The van der Waals surface area contributed by atoms with E-state index >= 15 is 0 Å². The van der Waals surface area contributed by atoms with Gasteiger partial charge in [0, 0.05) is 12.3 Å². The zero-order valence-corrected chi connectivity index (χ0v) is 19.0. The van der Waals surface area contributed by atoms with Crippen LogP contribution in [0, 0.1) is 38.0 Å². The summed E-state index contributed by atoms with van der Waals surface area (Å²) in [5.74, 6) is 1.06. The van der Waals surface area contributed by atoms with Crippen LogP contribution in [-0.2, 0) is 14.3 Å². The number of ether oxygens (including phenoxy) is 1. The number of esters is 1. The average Bonchev–Trinajstić information content (AvgIpc) is 2.90. The highest BCUT2D eigenvalue weighted by Gasteiger charge is 2.39. The summed E-state index contributed by atoms with van der Waals surface area (Å²) in [5.41, 5.74) is 4.35. The number of aryl methyl sites for hydroxylation is 3. The highest BCUT2D eigenvalue weighted by atomic mass is 16.5. The van der Waals surface area contributed by atoms with Crippen LogP contribution in [0.15, 0.2) is 17.9 Å². The van der Waals surface area contributed by atoms with E-state index in [-0.39, 0.29) is 17.7 Å². The Morgan fingerprint density at radius 2 is 1.62 bits per heavy atom. The number of Topliss-reactive ketones (excluding diaryl/α,β-unsaturated/α-hetero) is 1. The van der Waals surface area contributed by atoms with Gasteiger partial charge in [-0.2, -0.15) is 0 Å². The number of ketones is 1. The van der Waals surface area contributed by atoms with Gasteiger partial charge in [0.25, 0.3) is 0 Å². The van der Waals surface area contributed by atoms with Gasteiger partial charge in [-0.3, -0.25) is 9.59 Å². The van der Waals surface area contributed by atoms with Crippen LogP contribution < -0.4 is 0 Å². The summed E-state index contributed by atoms with van der Waals surface area (Å²) in [6.07, 6.45) is 7.77.